The fourth-order valence-corrected chi connectivity index (χ4v) is 2.83. The number of carbonyl (C=O) groups excluding carboxylic acids is 1. The van der Waals surface area contributed by atoms with Crippen molar-refractivity contribution < 1.29 is 14.7 Å². The van der Waals surface area contributed by atoms with Gasteiger partial charge in [0.25, 0.3) is 0 Å². The van der Waals surface area contributed by atoms with Gasteiger partial charge in [-0.2, -0.15) is 0 Å². The highest BCUT2D eigenvalue weighted by molar-refractivity contribution is 7.07. The van der Waals surface area contributed by atoms with Gasteiger partial charge in [0.15, 0.2) is 0 Å². The van der Waals surface area contributed by atoms with E-state index in [1.807, 2.05) is 6.92 Å². The van der Waals surface area contributed by atoms with E-state index in [-0.39, 0.29) is 23.7 Å². The number of hydrogen-bond donors (Lipinski definition) is 2. The Hall–Kier alpha value is -1.63. The average molecular weight is 314 g/mol. The first kappa shape index (κ1) is 17.4. The first-order valence-electron chi connectivity index (χ1n) is 7.07. The van der Waals surface area contributed by atoms with Gasteiger partial charge in [0.05, 0.1) is 0 Å². The highest BCUT2D eigenvalue weighted by Gasteiger charge is 2.11. The molecule has 1 aromatic heterocycles. The summed E-state index contributed by atoms with van der Waals surface area (Å²) < 4.78 is 1.45. The van der Waals surface area contributed by atoms with Crippen LogP contribution in [0.5, 0.6) is 0 Å². The number of aliphatic carboxylic acids is 1. The largest absolute Gasteiger partial charge is 0.481 e. The van der Waals surface area contributed by atoms with Gasteiger partial charge in [-0.25, -0.2) is 0 Å². The van der Waals surface area contributed by atoms with Gasteiger partial charge in [0.1, 0.15) is 6.54 Å². The molecule has 1 amide bonds. The maximum Gasteiger partial charge on any atom is 0.307 e. The number of nitrogens with zero attached hydrogens (tertiary/aromatic N) is 1. The standard InChI is InChI=1S/C14H22N2O4S/c1-3-11(4-5-13(18)19)6-7-15-12(17)8-16-10(2)9-21-14(16)20/h9,11H,3-8H2,1-2H3,(H,15,17)(H,18,19). The molecule has 118 valence electrons. The van der Waals surface area contributed by atoms with Gasteiger partial charge in [-0.05, 0) is 25.7 Å². The van der Waals surface area contributed by atoms with E-state index in [0.717, 1.165) is 29.9 Å². The van der Waals surface area contributed by atoms with Crippen LogP contribution in [0.1, 0.15) is 38.3 Å². The van der Waals surface area contributed by atoms with Crippen molar-refractivity contribution in [2.45, 2.75) is 46.1 Å². The fourth-order valence-electron chi connectivity index (χ4n) is 2.09. The Morgan fingerprint density at radius 3 is 2.67 bits per heavy atom. The van der Waals surface area contributed by atoms with Gasteiger partial charge in [0, 0.05) is 24.0 Å². The summed E-state index contributed by atoms with van der Waals surface area (Å²) in [6.07, 6.45) is 2.44. The quantitative estimate of drug-likeness (QED) is 0.725. The first-order chi connectivity index (χ1) is 9.93. The van der Waals surface area contributed by atoms with Crippen LogP contribution in [-0.4, -0.2) is 28.1 Å². The van der Waals surface area contributed by atoms with Crippen molar-refractivity contribution >= 4 is 23.2 Å². The molecule has 6 nitrogen and oxygen atoms in total. The lowest BCUT2D eigenvalue weighted by Gasteiger charge is -2.14. The van der Waals surface area contributed by atoms with Crippen molar-refractivity contribution in [3.8, 4) is 0 Å². The Morgan fingerprint density at radius 2 is 2.14 bits per heavy atom. The summed E-state index contributed by atoms with van der Waals surface area (Å²) in [6.45, 7) is 4.36. The molecule has 0 fully saturated rings. The zero-order valence-electron chi connectivity index (χ0n) is 12.4. The molecule has 1 unspecified atom stereocenters. The molecule has 1 rings (SSSR count). The molecule has 2 N–H and O–H groups in total. The second-order valence-corrected chi connectivity index (χ2v) is 5.90. The lowest BCUT2D eigenvalue weighted by molar-refractivity contribution is -0.137. The highest BCUT2D eigenvalue weighted by atomic mass is 32.1. The van der Waals surface area contributed by atoms with Gasteiger partial charge in [-0.3, -0.25) is 19.0 Å². The molecular weight excluding hydrogens is 292 g/mol. The molecule has 0 aliphatic carbocycles. The number of nitrogens with one attached hydrogen (secondary N) is 1. The third-order valence-corrected chi connectivity index (χ3v) is 4.38. The normalized spacial score (nSPS) is 12.1. The summed E-state index contributed by atoms with van der Waals surface area (Å²) in [4.78, 5) is 33.7. The molecule has 0 bridgehead atoms. The van der Waals surface area contributed by atoms with Crippen LogP contribution < -0.4 is 10.2 Å². The van der Waals surface area contributed by atoms with Gasteiger partial charge in [0.2, 0.25) is 5.91 Å². The number of amides is 1. The van der Waals surface area contributed by atoms with E-state index in [1.54, 1.807) is 12.3 Å². The van der Waals surface area contributed by atoms with Crippen LogP contribution in [0, 0.1) is 12.8 Å². The second kappa shape index (κ2) is 8.61. The molecule has 0 aromatic carbocycles. The minimum absolute atomic E-state index is 0.0418. The molecule has 7 heteroatoms. The van der Waals surface area contributed by atoms with Crippen LogP contribution >= 0.6 is 11.3 Å². The Bertz CT molecular complexity index is 535. The highest BCUT2D eigenvalue weighted by Crippen LogP contribution is 2.14. The Kier molecular flexibility index (Phi) is 7.14. The van der Waals surface area contributed by atoms with Crippen molar-refractivity contribution in [3.05, 3.63) is 20.7 Å². The molecule has 0 saturated carbocycles. The number of thiazole rings is 1. The van der Waals surface area contributed by atoms with Crippen LogP contribution in [0.15, 0.2) is 10.2 Å². The fraction of sp³-hybridized carbons (Fsp3) is 0.643. The van der Waals surface area contributed by atoms with Crippen LogP contribution in [-0.2, 0) is 16.1 Å². The molecule has 0 radical (unpaired) electrons. The van der Waals surface area contributed by atoms with E-state index in [4.69, 9.17) is 5.11 Å². The Balaban J connectivity index is 2.33. The van der Waals surface area contributed by atoms with Crippen LogP contribution in [0.2, 0.25) is 0 Å². The maximum atomic E-state index is 11.8. The Morgan fingerprint density at radius 1 is 1.43 bits per heavy atom. The summed E-state index contributed by atoms with van der Waals surface area (Å²) in [5, 5.41) is 13.2. The number of hydrogen-bond acceptors (Lipinski definition) is 4. The van der Waals surface area contributed by atoms with E-state index >= 15 is 0 Å². The van der Waals surface area contributed by atoms with E-state index in [1.165, 1.54) is 4.57 Å². The number of carboxylic acids is 1. The van der Waals surface area contributed by atoms with Crippen molar-refractivity contribution in [2.24, 2.45) is 5.92 Å². The van der Waals surface area contributed by atoms with Crippen molar-refractivity contribution in [3.63, 3.8) is 0 Å². The number of carboxylic acid groups (broad SMARTS) is 1. The number of aromatic nitrogens is 1. The zero-order valence-corrected chi connectivity index (χ0v) is 13.2. The second-order valence-electron chi connectivity index (χ2n) is 5.07. The van der Waals surface area contributed by atoms with Gasteiger partial charge < -0.3 is 10.4 Å². The SMILES string of the molecule is CCC(CCNC(=O)Cn1c(C)csc1=O)CCC(=O)O. The topological polar surface area (TPSA) is 88.4 Å². The van der Waals surface area contributed by atoms with Crippen molar-refractivity contribution in [1.82, 2.24) is 9.88 Å². The van der Waals surface area contributed by atoms with E-state index in [2.05, 4.69) is 5.32 Å². The molecule has 21 heavy (non-hydrogen) atoms. The lowest BCUT2D eigenvalue weighted by atomic mass is 9.97. The Labute approximate surface area is 127 Å². The van der Waals surface area contributed by atoms with E-state index < -0.39 is 5.97 Å². The monoisotopic (exact) mass is 314 g/mol. The van der Waals surface area contributed by atoms with Crippen molar-refractivity contribution in [2.75, 3.05) is 6.54 Å². The maximum absolute atomic E-state index is 11.8. The summed E-state index contributed by atoms with van der Waals surface area (Å²) in [5.74, 6) is -0.677. The zero-order chi connectivity index (χ0) is 15.8. The summed E-state index contributed by atoms with van der Waals surface area (Å²) in [5.41, 5.74) is 0.785. The van der Waals surface area contributed by atoms with Crippen molar-refractivity contribution in [1.29, 1.82) is 0 Å². The average Bonchev–Trinajstić information content (AvgIpc) is 2.74. The number of rotatable bonds is 9. The first-order valence-corrected chi connectivity index (χ1v) is 7.95. The third-order valence-electron chi connectivity index (χ3n) is 3.50. The van der Waals surface area contributed by atoms with Gasteiger partial charge in [-0.1, -0.05) is 24.7 Å². The predicted octanol–water partition coefficient (Wildman–Crippen LogP) is 1.62. The molecule has 0 aliphatic heterocycles. The van der Waals surface area contributed by atoms with E-state index in [0.29, 0.717) is 18.9 Å². The molecular formula is C14H22N2O4S. The lowest BCUT2D eigenvalue weighted by Crippen LogP contribution is -2.32. The molecule has 1 aromatic rings. The van der Waals surface area contributed by atoms with Crippen LogP contribution in [0.3, 0.4) is 0 Å². The number of carbonyl (C=O) groups is 2. The van der Waals surface area contributed by atoms with E-state index in [9.17, 15) is 14.4 Å². The molecule has 0 spiro atoms. The molecule has 0 saturated heterocycles. The number of aryl methyl sites for hydroxylation is 1. The minimum atomic E-state index is -0.787. The summed E-state index contributed by atoms with van der Waals surface area (Å²) in [6, 6.07) is 0. The van der Waals surface area contributed by atoms with Crippen LogP contribution in [0.25, 0.3) is 0 Å². The smallest absolute Gasteiger partial charge is 0.307 e. The predicted molar refractivity (Wildman–Crippen MR) is 81.6 cm³/mol. The molecule has 1 atom stereocenters. The minimum Gasteiger partial charge on any atom is -0.481 e. The molecule has 0 aliphatic rings. The van der Waals surface area contributed by atoms with Gasteiger partial charge in [-0.15, -0.1) is 0 Å². The van der Waals surface area contributed by atoms with Crippen LogP contribution in [0.4, 0.5) is 0 Å². The molecule has 1 heterocycles. The summed E-state index contributed by atoms with van der Waals surface area (Å²) >= 11 is 1.09. The summed E-state index contributed by atoms with van der Waals surface area (Å²) in [7, 11) is 0. The van der Waals surface area contributed by atoms with Gasteiger partial charge >= 0.3 is 10.8 Å². The third kappa shape index (κ3) is 6.12.